The van der Waals surface area contributed by atoms with E-state index in [0.717, 1.165) is 29.4 Å². The second-order valence-electron chi connectivity index (χ2n) is 9.06. The number of hydrogen-bond donors (Lipinski definition) is 0. The monoisotopic (exact) mass is 471 g/mol. The van der Waals surface area contributed by atoms with Crippen LogP contribution >= 0.6 is 0 Å². The summed E-state index contributed by atoms with van der Waals surface area (Å²) in [6.07, 6.45) is 3.14. The van der Waals surface area contributed by atoms with Gasteiger partial charge in [-0.15, -0.1) is 0 Å². The first-order valence-electron chi connectivity index (χ1n) is 12.4. The number of carbonyl (C=O) groups excluding carboxylic acids is 1. The molecule has 182 valence electrons. The van der Waals surface area contributed by atoms with Gasteiger partial charge in [0.1, 0.15) is 22.8 Å². The number of para-hydroxylation sites is 1. The van der Waals surface area contributed by atoms with Crippen molar-refractivity contribution in [3.05, 3.63) is 72.3 Å². The molecule has 0 radical (unpaired) electrons. The minimum atomic E-state index is -0.910. The van der Waals surface area contributed by atoms with Crippen LogP contribution in [0.25, 0.3) is 11.1 Å². The number of nitrogens with zero attached hydrogens (tertiary/aromatic N) is 1. The molecule has 1 atom stereocenters. The highest BCUT2D eigenvalue weighted by Crippen LogP contribution is 2.45. The molecule has 0 aliphatic carbocycles. The van der Waals surface area contributed by atoms with Crippen LogP contribution in [0.4, 0.5) is 5.69 Å². The standard InChI is InChI=1S/C29H34BNO4/c1-6-8-20-29(7-2)28(32)31(27-25(33-4)14-11-15-26(27)34-5)30(35-29)24-13-10-9-12-23(24)22-18-16-21(3)17-19-22/h9-19H,6-8,20H2,1-5H3. The Bertz CT molecular complexity index is 1160. The van der Waals surface area contributed by atoms with E-state index in [1.807, 2.05) is 43.3 Å². The first-order chi connectivity index (χ1) is 17.0. The van der Waals surface area contributed by atoms with Gasteiger partial charge in [0.15, 0.2) is 0 Å². The maximum Gasteiger partial charge on any atom is 0.460 e. The van der Waals surface area contributed by atoms with E-state index in [9.17, 15) is 4.79 Å². The fourth-order valence-corrected chi connectivity index (χ4v) is 4.88. The predicted octanol–water partition coefficient (Wildman–Crippen LogP) is 5.78. The third-order valence-corrected chi connectivity index (χ3v) is 6.92. The molecule has 5 nitrogen and oxygen atoms in total. The Morgan fingerprint density at radius 2 is 1.57 bits per heavy atom. The van der Waals surface area contributed by atoms with Gasteiger partial charge < -0.3 is 18.9 Å². The molecular formula is C29H34BNO4. The van der Waals surface area contributed by atoms with Crippen LogP contribution < -0.4 is 19.7 Å². The van der Waals surface area contributed by atoms with Gasteiger partial charge in [-0.25, -0.2) is 0 Å². The van der Waals surface area contributed by atoms with Crippen molar-refractivity contribution < 1.29 is 18.9 Å². The number of hydrogen-bond acceptors (Lipinski definition) is 4. The van der Waals surface area contributed by atoms with Crippen molar-refractivity contribution >= 4 is 24.1 Å². The number of unbranched alkanes of at least 4 members (excludes halogenated alkanes) is 1. The van der Waals surface area contributed by atoms with E-state index < -0.39 is 12.7 Å². The molecule has 0 saturated carbocycles. The summed E-state index contributed by atoms with van der Waals surface area (Å²) in [6, 6.07) is 22.2. The lowest BCUT2D eigenvalue weighted by Gasteiger charge is -2.27. The second kappa shape index (κ2) is 10.6. The molecule has 1 aliphatic heterocycles. The van der Waals surface area contributed by atoms with Crippen molar-refractivity contribution in [1.82, 2.24) is 0 Å². The summed E-state index contributed by atoms with van der Waals surface area (Å²) in [4.78, 5) is 16.0. The summed E-state index contributed by atoms with van der Waals surface area (Å²) in [6.45, 7) is 6.24. The molecule has 4 rings (SSSR count). The van der Waals surface area contributed by atoms with E-state index in [1.54, 1.807) is 19.0 Å². The number of ether oxygens (including phenoxy) is 2. The van der Waals surface area contributed by atoms with E-state index in [1.165, 1.54) is 5.56 Å². The second-order valence-corrected chi connectivity index (χ2v) is 9.06. The van der Waals surface area contributed by atoms with Gasteiger partial charge >= 0.3 is 7.05 Å². The van der Waals surface area contributed by atoms with Gasteiger partial charge in [-0.3, -0.25) is 4.79 Å². The third-order valence-electron chi connectivity index (χ3n) is 6.92. The molecule has 6 heteroatoms. The molecular weight excluding hydrogens is 437 g/mol. The normalized spacial score (nSPS) is 17.7. The number of benzene rings is 3. The van der Waals surface area contributed by atoms with Crippen LogP contribution in [-0.2, 0) is 9.45 Å². The molecule has 35 heavy (non-hydrogen) atoms. The Hall–Kier alpha value is -3.25. The summed E-state index contributed by atoms with van der Waals surface area (Å²) >= 11 is 0. The molecule has 1 heterocycles. The molecule has 0 aromatic heterocycles. The van der Waals surface area contributed by atoms with Crippen molar-refractivity contribution in [3.63, 3.8) is 0 Å². The molecule has 1 aliphatic rings. The fourth-order valence-electron chi connectivity index (χ4n) is 4.88. The van der Waals surface area contributed by atoms with Gasteiger partial charge in [-0.2, -0.15) is 0 Å². The van der Waals surface area contributed by atoms with Gasteiger partial charge in [0.2, 0.25) is 5.91 Å². The van der Waals surface area contributed by atoms with Crippen LogP contribution in [0.1, 0.15) is 45.1 Å². The Morgan fingerprint density at radius 1 is 0.914 bits per heavy atom. The van der Waals surface area contributed by atoms with Crippen molar-refractivity contribution in [2.45, 2.75) is 52.1 Å². The smallest absolute Gasteiger partial charge is 0.460 e. The average Bonchev–Trinajstić information content (AvgIpc) is 3.19. The van der Waals surface area contributed by atoms with E-state index in [4.69, 9.17) is 14.1 Å². The van der Waals surface area contributed by atoms with Crippen molar-refractivity contribution in [1.29, 1.82) is 0 Å². The number of carbonyl (C=O) groups is 1. The van der Waals surface area contributed by atoms with Crippen LogP contribution in [-0.4, -0.2) is 32.8 Å². The first kappa shape index (κ1) is 24.9. The largest absolute Gasteiger partial charge is 0.494 e. The highest BCUT2D eigenvalue weighted by Gasteiger charge is 2.56. The molecule has 3 aromatic carbocycles. The van der Waals surface area contributed by atoms with Gasteiger partial charge in [0.25, 0.3) is 0 Å². The lowest BCUT2D eigenvalue weighted by atomic mass is 9.68. The number of anilines is 1. The number of aryl methyl sites for hydroxylation is 1. The highest BCUT2D eigenvalue weighted by molar-refractivity contribution is 6.78. The van der Waals surface area contributed by atoms with Gasteiger partial charge in [-0.05, 0) is 48.5 Å². The fraction of sp³-hybridized carbons (Fsp3) is 0.345. The SMILES string of the molecule is CCCCC1(CC)OB(c2ccccc2-c2ccc(C)cc2)N(c2c(OC)cccc2OC)C1=O. The van der Waals surface area contributed by atoms with Crippen LogP contribution in [0.5, 0.6) is 11.5 Å². The van der Waals surface area contributed by atoms with Crippen LogP contribution in [0.2, 0.25) is 0 Å². The number of rotatable bonds is 9. The molecule has 1 fully saturated rings. The average molecular weight is 471 g/mol. The summed E-state index contributed by atoms with van der Waals surface area (Å²) < 4.78 is 18.2. The molecule has 0 spiro atoms. The Morgan fingerprint density at radius 3 is 2.17 bits per heavy atom. The van der Waals surface area contributed by atoms with Crippen LogP contribution in [0.15, 0.2) is 66.7 Å². The maximum absolute atomic E-state index is 14.3. The van der Waals surface area contributed by atoms with Gasteiger partial charge in [0, 0.05) is 0 Å². The first-order valence-corrected chi connectivity index (χ1v) is 12.4. The predicted molar refractivity (Wildman–Crippen MR) is 143 cm³/mol. The number of methoxy groups -OCH3 is 2. The number of amides is 1. The topological polar surface area (TPSA) is 48.0 Å². The van der Waals surface area contributed by atoms with Crippen molar-refractivity contribution in [2.75, 3.05) is 19.0 Å². The van der Waals surface area contributed by atoms with E-state index in [-0.39, 0.29) is 5.91 Å². The Kier molecular flexibility index (Phi) is 7.51. The molecule has 3 aromatic rings. The van der Waals surface area contributed by atoms with Crippen molar-refractivity contribution in [3.8, 4) is 22.6 Å². The van der Waals surface area contributed by atoms with E-state index in [0.29, 0.717) is 30.0 Å². The zero-order valence-electron chi connectivity index (χ0n) is 21.3. The van der Waals surface area contributed by atoms with E-state index >= 15 is 0 Å². The summed E-state index contributed by atoms with van der Waals surface area (Å²) in [5.41, 5.74) is 3.93. The Balaban J connectivity index is 1.93. The van der Waals surface area contributed by atoms with Gasteiger partial charge in [0.05, 0.1) is 14.2 Å². The molecule has 1 amide bonds. The molecule has 1 saturated heterocycles. The molecule has 0 N–H and O–H groups in total. The quantitative estimate of drug-likeness (QED) is 0.372. The summed E-state index contributed by atoms with van der Waals surface area (Å²) in [5.74, 6) is 1.09. The minimum Gasteiger partial charge on any atom is -0.494 e. The lowest BCUT2D eigenvalue weighted by Crippen LogP contribution is -2.48. The van der Waals surface area contributed by atoms with Crippen molar-refractivity contribution in [2.24, 2.45) is 0 Å². The highest BCUT2D eigenvalue weighted by atomic mass is 16.5. The summed E-state index contributed by atoms with van der Waals surface area (Å²) in [5, 5.41) is 0. The van der Waals surface area contributed by atoms with Crippen LogP contribution in [0, 0.1) is 6.92 Å². The maximum atomic E-state index is 14.3. The molecule has 1 unspecified atom stereocenters. The molecule has 0 bridgehead atoms. The van der Waals surface area contributed by atoms with Gasteiger partial charge in [-0.1, -0.05) is 86.8 Å². The van der Waals surface area contributed by atoms with E-state index in [2.05, 4.69) is 44.2 Å². The Labute approximate surface area is 209 Å². The minimum absolute atomic E-state index is 0.0556. The zero-order valence-corrected chi connectivity index (χ0v) is 21.3. The zero-order chi connectivity index (χ0) is 25.0. The third kappa shape index (κ3) is 4.55. The summed E-state index contributed by atoms with van der Waals surface area (Å²) in [7, 11) is 2.60. The van der Waals surface area contributed by atoms with Crippen LogP contribution in [0.3, 0.4) is 0 Å². The lowest BCUT2D eigenvalue weighted by molar-refractivity contribution is -0.130.